The topological polar surface area (TPSA) is 17.1 Å². The van der Waals surface area contributed by atoms with E-state index in [1.807, 2.05) is 39.0 Å². The van der Waals surface area contributed by atoms with Crippen molar-refractivity contribution < 1.29 is 4.79 Å². The van der Waals surface area contributed by atoms with Gasteiger partial charge in [-0.3, -0.25) is 4.79 Å². The lowest BCUT2D eigenvalue weighted by Gasteiger charge is -2.07. The molecule has 1 aromatic rings. The highest BCUT2D eigenvalue weighted by Gasteiger charge is 2.11. The van der Waals surface area contributed by atoms with Crippen molar-refractivity contribution in [1.82, 2.24) is 0 Å². The highest BCUT2D eigenvalue weighted by atomic mass is 16.1. The standard InChI is InChI=1S/C13H16O/c1-9(2)8-12(14)13-10(3)6-5-7-11(13)4/h5-7H,1,8H2,2-4H3. The molecule has 0 saturated carbocycles. The lowest BCUT2D eigenvalue weighted by Crippen LogP contribution is -2.04. The molecule has 0 spiro atoms. The van der Waals surface area contributed by atoms with Gasteiger partial charge in [-0.15, -0.1) is 0 Å². The second-order valence-corrected chi connectivity index (χ2v) is 3.82. The molecule has 1 rings (SSSR count). The molecule has 1 aromatic carbocycles. The van der Waals surface area contributed by atoms with E-state index in [2.05, 4.69) is 6.58 Å². The summed E-state index contributed by atoms with van der Waals surface area (Å²) in [7, 11) is 0. The maximum absolute atomic E-state index is 11.8. The Labute approximate surface area is 85.5 Å². The van der Waals surface area contributed by atoms with E-state index in [0.717, 1.165) is 22.3 Å². The monoisotopic (exact) mass is 188 g/mol. The van der Waals surface area contributed by atoms with Crippen LogP contribution in [0.5, 0.6) is 0 Å². The van der Waals surface area contributed by atoms with Crippen LogP contribution >= 0.6 is 0 Å². The molecule has 0 aliphatic carbocycles. The van der Waals surface area contributed by atoms with Crippen molar-refractivity contribution >= 4 is 5.78 Å². The molecule has 0 aromatic heterocycles. The van der Waals surface area contributed by atoms with Crippen LogP contribution in [0.2, 0.25) is 0 Å². The molecule has 0 saturated heterocycles. The minimum atomic E-state index is 0.174. The number of rotatable bonds is 3. The average molecular weight is 188 g/mol. The van der Waals surface area contributed by atoms with Crippen molar-refractivity contribution in [3.05, 3.63) is 47.0 Å². The SMILES string of the molecule is C=C(C)CC(=O)c1c(C)cccc1C. The summed E-state index contributed by atoms with van der Waals surface area (Å²) in [5, 5.41) is 0. The number of carbonyl (C=O) groups excluding carboxylic acids is 1. The lowest BCUT2D eigenvalue weighted by atomic mass is 9.96. The normalized spacial score (nSPS) is 9.93. The lowest BCUT2D eigenvalue weighted by molar-refractivity contribution is 0.0992. The maximum Gasteiger partial charge on any atom is 0.167 e. The fourth-order valence-electron chi connectivity index (χ4n) is 1.62. The van der Waals surface area contributed by atoms with Crippen LogP contribution in [0.15, 0.2) is 30.4 Å². The first-order valence-electron chi connectivity index (χ1n) is 4.76. The molecule has 0 radical (unpaired) electrons. The fraction of sp³-hybridized carbons (Fsp3) is 0.308. The molecule has 0 bridgehead atoms. The highest BCUT2D eigenvalue weighted by molar-refractivity contribution is 5.99. The number of ketones is 1. The molecule has 74 valence electrons. The van der Waals surface area contributed by atoms with Crippen LogP contribution < -0.4 is 0 Å². The molecule has 0 N–H and O–H groups in total. The van der Waals surface area contributed by atoms with Gasteiger partial charge < -0.3 is 0 Å². The van der Waals surface area contributed by atoms with E-state index >= 15 is 0 Å². The Bertz CT molecular complexity index is 355. The largest absolute Gasteiger partial charge is 0.294 e. The van der Waals surface area contributed by atoms with Crippen molar-refractivity contribution in [3.8, 4) is 0 Å². The van der Waals surface area contributed by atoms with Crippen LogP contribution in [-0.4, -0.2) is 5.78 Å². The van der Waals surface area contributed by atoms with Crippen molar-refractivity contribution in [2.24, 2.45) is 0 Å². The molecular weight excluding hydrogens is 172 g/mol. The molecule has 0 atom stereocenters. The Morgan fingerprint density at radius 3 is 2.21 bits per heavy atom. The Balaban J connectivity index is 3.06. The fourth-order valence-corrected chi connectivity index (χ4v) is 1.62. The second kappa shape index (κ2) is 4.23. The zero-order chi connectivity index (χ0) is 10.7. The summed E-state index contributed by atoms with van der Waals surface area (Å²) in [4.78, 5) is 11.8. The van der Waals surface area contributed by atoms with Crippen LogP contribution in [0.25, 0.3) is 0 Å². The third kappa shape index (κ3) is 2.32. The molecule has 1 heteroatoms. The van der Waals surface area contributed by atoms with Crippen LogP contribution in [0, 0.1) is 13.8 Å². The molecule has 1 nitrogen and oxygen atoms in total. The number of aryl methyl sites for hydroxylation is 2. The summed E-state index contributed by atoms with van der Waals surface area (Å²) < 4.78 is 0. The van der Waals surface area contributed by atoms with Gasteiger partial charge in [-0.05, 0) is 31.9 Å². The number of benzene rings is 1. The molecule has 0 aliphatic heterocycles. The number of Topliss-reactive ketones (excluding diaryl/α,β-unsaturated/α-hetero) is 1. The first-order valence-corrected chi connectivity index (χ1v) is 4.76. The Kier molecular flexibility index (Phi) is 3.23. The predicted octanol–water partition coefficient (Wildman–Crippen LogP) is 3.45. The van der Waals surface area contributed by atoms with E-state index in [-0.39, 0.29) is 5.78 Å². The molecule has 0 heterocycles. The number of hydrogen-bond acceptors (Lipinski definition) is 1. The van der Waals surface area contributed by atoms with Crippen LogP contribution in [-0.2, 0) is 0 Å². The van der Waals surface area contributed by atoms with E-state index in [1.54, 1.807) is 0 Å². The minimum absolute atomic E-state index is 0.174. The molecule has 0 unspecified atom stereocenters. The van der Waals surface area contributed by atoms with Gasteiger partial charge in [-0.2, -0.15) is 0 Å². The summed E-state index contributed by atoms with van der Waals surface area (Å²) in [5.41, 5.74) is 3.88. The maximum atomic E-state index is 11.8. The van der Waals surface area contributed by atoms with Crippen molar-refractivity contribution in [3.63, 3.8) is 0 Å². The van der Waals surface area contributed by atoms with Crippen LogP contribution in [0.4, 0.5) is 0 Å². The van der Waals surface area contributed by atoms with Gasteiger partial charge in [-0.25, -0.2) is 0 Å². The van der Waals surface area contributed by atoms with Gasteiger partial charge in [0.05, 0.1) is 0 Å². The zero-order valence-electron chi connectivity index (χ0n) is 9.05. The molecular formula is C13H16O. The van der Waals surface area contributed by atoms with Gasteiger partial charge in [0, 0.05) is 12.0 Å². The second-order valence-electron chi connectivity index (χ2n) is 3.82. The summed E-state index contributed by atoms with van der Waals surface area (Å²) in [6, 6.07) is 5.92. The average Bonchev–Trinajstić information content (AvgIpc) is 2.01. The van der Waals surface area contributed by atoms with Gasteiger partial charge in [0.1, 0.15) is 0 Å². The number of carbonyl (C=O) groups is 1. The van der Waals surface area contributed by atoms with E-state index < -0.39 is 0 Å². The third-order valence-corrected chi connectivity index (χ3v) is 2.22. The van der Waals surface area contributed by atoms with Crippen molar-refractivity contribution in [2.45, 2.75) is 27.2 Å². The molecule has 0 amide bonds. The minimum Gasteiger partial charge on any atom is -0.294 e. The number of allylic oxidation sites excluding steroid dienone is 1. The smallest absolute Gasteiger partial charge is 0.167 e. The van der Waals surface area contributed by atoms with Gasteiger partial charge in [0.2, 0.25) is 0 Å². The third-order valence-electron chi connectivity index (χ3n) is 2.22. The van der Waals surface area contributed by atoms with E-state index in [9.17, 15) is 4.79 Å². The zero-order valence-corrected chi connectivity index (χ0v) is 9.05. The molecule has 0 fully saturated rings. The number of hydrogen-bond donors (Lipinski definition) is 0. The predicted molar refractivity (Wildman–Crippen MR) is 59.7 cm³/mol. The van der Waals surface area contributed by atoms with Crippen molar-refractivity contribution in [1.29, 1.82) is 0 Å². The molecule has 14 heavy (non-hydrogen) atoms. The quantitative estimate of drug-likeness (QED) is 0.524. The van der Waals surface area contributed by atoms with Crippen molar-refractivity contribution in [2.75, 3.05) is 0 Å². The van der Waals surface area contributed by atoms with Gasteiger partial charge in [-0.1, -0.05) is 30.4 Å². The van der Waals surface area contributed by atoms with Gasteiger partial charge >= 0.3 is 0 Å². The summed E-state index contributed by atoms with van der Waals surface area (Å²) in [6.07, 6.45) is 0.450. The Morgan fingerprint density at radius 2 is 1.79 bits per heavy atom. The van der Waals surface area contributed by atoms with E-state index in [4.69, 9.17) is 0 Å². The first kappa shape index (κ1) is 10.7. The Hall–Kier alpha value is -1.37. The van der Waals surface area contributed by atoms with Crippen LogP contribution in [0.3, 0.4) is 0 Å². The van der Waals surface area contributed by atoms with E-state index in [0.29, 0.717) is 6.42 Å². The van der Waals surface area contributed by atoms with Gasteiger partial charge in [0.15, 0.2) is 5.78 Å². The van der Waals surface area contributed by atoms with Gasteiger partial charge in [0.25, 0.3) is 0 Å². The van der Waals surface area contributed by atoms with Crippen LogP contribution in [0.1, 0.15) is 34.8 Å². The summed E-state index contributed by atoms with van der Waals surface area (Å²) in [5.74, 6) is 0.174. The molecule has 0 aliphatic rings. The Morgan fingerprint density at radius 1 is 1.29 bits per heavy atom. The summed E-state index contributed by atoms with van der Waals surface area (Å²) >= 11 is 0. The summed E-state index contributed by atoms with van der Waals surface area (Å²) in [6.45, 7) is 9.58. The first-order chi connectivity index (χ1) is 6.52. The highest BCUT2D eigenvalue weighted by Crippen LogP contribution is 2.16. The van der Waals surface area contributed by atoms with E-state index in [1.165, 1.54) is 0 Å².